The van der Waals surface area contributed by atoms with Crippen LogP contribution in [-0.4, -0.2) is 67.6 Å². The number of methoxy groups -OCH3 is 1. The van der Waals surface area contributed by atoms with Gasteiger partial charge in [0, 0.05) is 12.5 Å². The Kier molecular flexibility index (Phi) is 9.66. The van der Waals surface area contributed by atoms with Crippen LogP contribution in [0.1, 0.15) is 76.5 Å². The lowest BCUT2D eigenvalue weighted by molar-refractivity contribution is -0.145. The van der Waals surface area contributed by atoms with Crippen LogP contribution < -0.4 is 5.32 Å². The van der Waals surface area contributed by atoms with Crippen molar-refractivity contribution in [1.29, 1.82) is 0 Å². The van der Waals surface area contributed by atoms with Crippen molar-refractivity contribution in [3.05, 3.63) is 72.6 Å². The summed E-state index contributed by atoms with van der Waals surface area (Å²) in [7, 11) is 1.29. The van der Waals surface area contributed by atoms with Crippen molar-refractivity contribution < 1.29 is 24.2 Å². The number of likely N-dealkylation sites (tertiary alicyclic amines) is 1. The molecule has 1 aliphatic heterocycles. The van der Waals surface area contributed by atoms with Gasteiger partial charge in [0.05, 0.1) is 42.9 Å². The number of alkyl carbamates (subject to hydrolysis) is 1. The smallest absolute Gasteiger partial charge is 0.407 e. The van der Waals surface area contributed by atoms with E-state index in [2.05, 4.69) is 73.8 Å². The number of aromatic nitrogens is 4. The molecule has 252 valence electrons. The number of carbonyl (C=O) groups is 3. The molecule has 1 saturated heterocycles. The van der Waals surface area contributed by atoms with Gasteiger partial charge in [-0.1, -0.05) is 75.7 Å². The summed E-state index contributed by atoms with van der Waals surface area (Å²) in [6, 6.07) is 15.7. The molecule has 0 spiro atoms. The zero-order valence-corrected chi connectivity index (χ0v) is 27.9. The second-order valence-corrected chi connectivity index (χ2v) is 13.4. The number of rotatable bonds is 9. The molecule has 2 fully saturated rings. The number of carboxylic acid groups (broad SMARTS) is 1. The fraction of sp³-hybridized carbons (Fsp3) is 0.432. The molecule has 2 aliphatic rings. The van der Waals surface area contributed by atoms with Crippen molar-refractivity contribution >= 4 is 18.0 Å². The van der Waals surface area contributed by atoms with E-state index < -0.39 is 24.0 Å². The number of imidazole rings is 2. The van der Waals surface area contributed by atoms with Crippen molar-refractivity contribution in [2.45, 2.75) is 70.9 Å². The number of H-pyrrole nitrogens is 2. The molecule has 0 bridgehead atoms. The molecule has 2 aromatic carbocycles. The summed E-state index contributed by atoms with van der Waals surface area (Å²) >= 11 is 0. The summed E-state index contributed by atoms with van der Waals surface area (Å²) in [6.45, 7) is 6.43. The van der Waals surface area contributed by atoms with Gasteiger partial charge in [0.25, 0.3) is 0 Å². The highest BCUT2D eigenvalue weighted by atomic mass is 16.5. The quantitative estimate of drug-likeness (QED) is 0.155. The van der Waals surface area contributed by atoms with Crippen LogP contribution in [0.2, 0.25) is 0 Å². The number of aliphatic carboxylic acids is 1. The maximum Gasteiger partial charge on any atom is 0.407 e. The molecule has 6 rings (SSSR count). The summed E-state index contributed by atoms with van der Waals surface area (Å²) in [6.07, 6.45) is 7.41. The van der Waals surface area contributed by atoms with Gasteiger partial charge in [-0.05, 0) is 59.8 Å². The number of ether oxygens (including phenoxy) is 1. The third-order valence-electron chi connectivity index (χ3n) is 10.0. The van der Waals surface area contributed by atoms with E-state index in [0.29, 0.717) is 6.54 Å². The van der Waals surface area contributed by atoms with Crippen LogP contribution >= 0.6 is 0 Å². The van der Waals surface area contributed by atoms with E-state index in [1.807, 2.05) is 25.7 Å². The van der Waals surface area contributed by atoms with Gasteiger partial charge in [-0.3, -0.25) is 9.59 Å². The van der Waals surface area contributed by atoms with E-state index in [1.165, 1.54) is 7.11 Å². The molecule has 11 nitrogen and oxygen atoms in total. The number of aromatic amines is 2. The van der Waals surface area contributed by atoms with E-state index in [1.54, 1.807) is 12.4 Å². The second-order valence-electron chi connectivity index (χ2n) is 13.4. The van der Waals surface area contributed by atoms with Crippen LogP contribution in [-0.2, 0) is 14.3 Å². The number of nitrogens with one attached hydrogen (secondary N) is 3. The zero-order chi connectivity index (χ0) is 33.9. The minimum absolute atomic E-state index is 0.0955. The lowest BCUT2D eigenvalue weighted by atomic mass is 9.72. The molecule has 3 heterocycles. The Hall–Kier alpha value is -4.93. The van der Waals surface area contributed by atoms with E-state index in [9.17, 15) is 19.5 Å². The average Bonchev–Trinajstić information content (AvgIpc) is 3.88. The number of hydrogen-bond donors (Lipinski definition) is 4. The molecule has 2 unspecified atom stereocenters. The summed E-state index contributed by atoms with van der Waals surface area (Å²) in [5.74, 6) is 0.125. The Bertz CT molecular complexity index is 1740. The standard InChI is InChI=1S/C37H44N6O5/c1-21(2)32(42-37(47)48-4)35(44)43-18-6-9-30(43)34-39-20-29(41-34)26-16-12-24(13-17-26)23-10-14-25(15-11-23)28-19-38-33(40-28)27-8-5-7-22(3)31(27)36(45)46/h10-17,19-22,27,30-32H,5-9,18H2,1-4H3,(H,38,40)(H,39,41)(H,42,47)(H,45,46)/t22?,27-,30+,31-,32?/m1/s1. The fourth-order valence-corrected chi connectivity index (χ4v) is 7.34. The molecule has 5 atom stereocenters. The molecule has 1 aliphatic carbocycles. The predicted molar refractivity (Wildman–Crippen MR) is 182 cm³/mol. The Morgan fingerprint density at radius 1 is 0.854 bits per heavy atom. The van der Waals surface area contributed by atoms with Crippen LogP contribution in [0.25, 0.3) is 33.6 Å². The van der Waals surface area contributed by atoms with Gasteiger partial charge in [-0.2, -0.15) is 0 Å². The van der Waals surface area contributed by atoms with Crippen molar-refractivity contribution in [3.8, 4) is 33.6 Å². The summed E-state index contributed by atoms with van der Waals surface area (Å²) in [5, 5.41) is 12.5. The minimum atomic E-state index is -0.743. The third-order valence-corrected chi connectivity index (χ3v) is 10.0. The highest BCUT2D eigenvalue weighted by Crippen LogP contribution is 2.41. The van der Waals surface area contributed by atoms with Gasteiger partial charge in [0.1, 0.15) is 17.7 Å². The summed E-state index contributed by atoms with van der Waals surface area (Å²) in [4.78, 5) is 55.3. The Labute approximate surface area is 280 Å². The highest BCUT2D eigenvalue weighted by Gasteiger charge is 2.39. The molecule has 11 heteroatoms. The summed E-state index contributed by atoms with van der Waals surface area (Å²) in [5.41, 5.74) is 5.87. The maximum absolute atomic E-state index is 13.5. The summed E-state index contributed by atoms with van der Waals surface area (Å²) < 4.78 is 4.74. The van der Waals surface area contributed by atoms with Gasteiger partial charge in [0.15, 0.2) is 0 Å². The second kappa shape index (κ2) is 14.0. The molecule has 48 heavy (non-hydrogen) atoms. The maximum atomic E-state index is 13.5. The average molecular weight is 653 g/mol. The Morgan fingerprint density at radius 2 is 1.42 bits per heavy atom. The normalized spacial score (nSPS) is 21.6. The molecular formula is C37H44N6O5. The Balaban J connectivity index is 1.13. The highest BCUT2D eigenvalue weighted by molar-refractivity contribution is 5.86. The Morgan fingerprint density at radius 3 is 1.98 bits per heavy atom. The van der Waals surface area contributed by atoms with Gasteiger partial charge < -0.3 is 30.0 Å². The number of carboxylic acids is 1. The number of hydrogen-bond acceptors (Lipinski definition) is 6. The molecule has 1 saturated carbocycles. The SMILES string of the molecule is COC(=O)NC(C(=O)N1CCC[C@H]1c1ncc(-c2ccc(-c3ccc(-c4cnc([C@@H]5CCCC(C)[C@H]5C(=O)O)[nH]4)cc3)cc2)[nH]1)C(C)C. The first-order valence-corrected chi connectivity index (χ1v) is 16.8. The van der Waals surface area contributed by atoms with Crippen LogP contribution in [0.15, 0.2) is 60.9 Å². The van der Waals surface area contributed by atoms with Gasteiger partial charge >= 0.3 is 12.1 Å². The van der Waals surface area contributed by atoms with Crippen LogP contribution in [0, 0.1) is 17.8 Å². The monoisotopic (exact) mass is 652 g/mol. The number of nitrogens with zero attached hydrogens (tertiary/aromatic N) is 3. The van der Waals surface area contributed by atoms with Gasteiger partial charge in [-0.25, -0.2) is 14.8 Å². The topological polar surface area (TPSA) is 153 Å². The first-order valence-electron chi connectivity index (χ1n) is 16.8. The lowest BCUT2D eigenvalue weighted by Crippen LogP contribution is -2.51. The van der Waals surface area contributed by atoms with Crippen molar-refractivity contribution in [3.63, 3.8) is 0 Å². The van der Waals surface area contributed by atoms with E-state index >= 15 is 0 Å². The molecule has 2 aromatic heterocycles. The van der Waals surface area contributed by atoms with E-state index in [4.69, 9.17) is 4.74 Å². The number of carbonyl (C=O) groups excluding carboxylic acids is 2. The van der Waals surface area contributed by atoms with Crippen molar-refractivity contribution in [2.24, 2.45) is 17.8 Å². The minimum Gasteiger partial charge on any atom is -0.481 e. The zero-order valence-electron chi connectivity index (χ0n) is 27.9. The van der Waals surface area contributed by atoms with Gasteiger partial charge in [0.2, 0.25) is 5.91 Å². The molecule has 4 aromatic rings. The van der Waals surface area contributed by atoms with Gasteiger partial charge in [-0.15, -0.1) is 0 Å². The molecular weight excluding hydrogens is 608 g/mol. The molecule has 2 amide bonds. The fourth-order valence-electron chi connectivity index (χ4n) is 7.34. The first kappa shape index (κ1) is 33.0. The third kappa shape index (κ3) is 6.72. The molecule has 4 N–H and O–H groups in total. The largest absolute Gasteiger partial charge is 0.481 e. The number of amides is 2. The van der Waals surface area contributed by atoms with Crippen LogP contribution in [0.5, 0.6) is 0 Å². The van der Waals surface area contributed by atoms with Crippen molar-refractivity contribution in [1.82, 2.24) is 30.2 Å². The van der Waals surface area contributed by atoms with Crippen LogP contribution in [0.4, 0.5) is 4.79 Å². The number of benzene rings is 2. The molecule has 0 radical (unpaired) electrons. The predicted octanol–water partition coefficient (Wildman–Crippen LogP) is 6.78. The van der Waals surface area contributed by atoms with Crippen molar-refractivity contribution in [2.75, 3.05) is 13.7 Å². The van der Waals surface area contributed by atoms with Crippen LogP contribution in [0.3, 0.4) is 0 Å². The van der Waals surface area contributed by atoms with E-state index in [-0.39, 0.29) is 29.7 Å². The first-order chi connectivity index (χ1) is 23.1. The lowest BCUT2D eigenvalue weighted by Gasteiger charge is -2.32. The van der Waals surface area contributed by atoms with E-state index in [0.717, 1.165) is 77.4 Å².